The third-order valence-corrected chi connectivity index (χ3v) is 4.70. The molecule has 29 heavy (non-hydrogen) atoms. The molecule has 0 aliphatic carbocycles. The Morgan fingerprint density at radius 1 is 0.897 bits per heavy atom. The lowest BCUT2D eigenvalue weighted by atomic mass is 10.1. The minimum absolute atomic E-state index is 0.132. The third-order valence-electron chi connectivity index (χ3n) is 4.35. The Hall–Kier alpha value is -2.99. The van der Waals surface area contributed by atoms with Gasteiger partial charge in [0, 0.05) is 18.2 Å². The quantitative estimate of drug-likeness (QED) is 0.632. The Morgan fingerprint density at radius 2 is 1.48 bits per heavy atom. The molecule has 0 radical (unpaired) electrons. The minimum atomic E-state index is -0.595. The summed E-state index contributed by atoms with van der Waals surface area (Å²) in [4.78, 5) is 26.8. The molecule has 0 bridgehead atoms. The van der Waals surface area contributed by atoms with E-state index in [2.05, 4.69) is 13.8 Å². The molecule has 2 amide bonds. The van der Waals surface area contributed by atoms with Crippen molar-refractivity contribution in [2.24, 2.45) is 5.92 Å². The molecule has 0 saturated heterocycles. The van der Waals surface area contributed by atoms with Gasteiger partial charge in [-0.3, -0.25) is 9.59 Å². The van der Waals surface area contributed by atoms with Crippen molar-refractivity contribution in [1.29, 1.82) is 0 Å². The van der Waals surface area contributed by atoms with Crippen molar-refractivity contribution < 1.29 is 23.8 Å². The van der Waals surface area contributed by atoms with Gasteiger partial charge in [-0.25, -0.2) is 4.90 Å². The maximum atomic E-state index is 13.1. The number of hydrogen-bond donors (Lipinski definition) is 0. The summed E-state index contributed by atoms with van der Waals surface area (Å²) in [6.07, 6.45) is 0. The number of benzene rings is 2. The fourth-order valence-electron chi connectivity index (χ4n) is 2.89. The van der Waals surface area contributed by atoms with Crippen LogP contribution in [0.5, 0.6) is 17.2 Å². The Balaban J connectivity index is 1.91. The first kappa shape index (κ1) is 20.7. The Labute approximate surface area is 174 Å². The van der Waals surface area contributed by atoms with Gasteiger partial charge in [0.25, 0.3) is 11.8 Å². The number of ether oxygens (including phenoxy) is 3. The maximum absolute atomic E-state index is 13.1. The zero-order chi connectivity index (χ0) is 21.1. The molecule has 2 aromatic carbocycles. The van der Waals surface area contributed by atoms with E-state index >= 15 is 0 Å². The standard InChI is InChI=1S/C22H22ClNO5/c1-13(2)12-29-16-7-5-14(6-8-16)19-20(23)22(26)24(21(19)25)15-9-17(27-3)11-18(10-15)28-4/h5-11,13H,12H2,1-4H3. The predicted molar refractivity (Wildman–Crippen MR) is 112 cm³/mol. The monoisotopic (exact) mass is 415 g/mol. The molecular formula is C22H22ClNO5. The van der Waals surface area contributed by atoms with Crippen LogP contribution in [0.2, 0.25) is 0 Å². The number of hydrogen-bond acceptors (Lipinski definition) is 5. The molecule has 1 aliphatic rings. The van der Waals surface area contributed by atoms with Gasteiger partial charge in [0.15, 0.2) is 0 Å². The molecule has 0 fully saturated rings. The number of rotatable bonds is 7. The first-order valence-corrected chi connectivity index (χ1v) is 9.48. The van der Waals surface area contributed by atoms with Crippen molar-refractivity contribution in [3.8, 4) is 17.2 Å². The molecule has 0 spiro atoms. The van der Waals surface area contributed by atoms with Gasteiger partial charge in [0.1, 0.15) is 22.3 Å². The second kappa shape index (κ2) is 8.57. The lowest BCUT2D eigenvalue weighted by molar-refractivity contribution is -0.119. The predicted octanol–water partition coefficient (Wildman–Crippen LogP) is 4.26. The van der Waals surface area contributed by atoms with Crippen molar-refractivity contribution in [3.63, 3.8) is 0 Å². The van der Waals surface area contributed by atoms with Gasteiger partial charge in [-0.1, -0.05) is 37.6 Å². The van der Waals surface area contributed by atoms with E-state index in [0.717, 1.165) is 4.90 Å². The Morgan fingerprint density at radius 3 is 2.00 bits per heavy atom. The summed E-state index contributed by atoms with van der Waals surface area (Å²) in [6.45, 7) is 4.71. The normalized spacial score (nSPS) is 14.1. The van der Waals surface area contributed by atoms with Crippen LogP contribution < -0.4 is 19.1 Å². The van der Waals surface area contributed by atoms with E-state index in [1.807, 2.05) is 0 Å². The van der Waals surface area contributed by atoms with Gasteiger partial charge < -0.3 is 14.2 Å². The molecule has 2 aromatic rings. The fourth-order valence-corrected chi connectivity index (χ4v) is 3.16. The maximum Gasteiger partial charge on any atom is 0.277 e. The zero-order valence-corrected chi connectivity index (χ0v) is 17.4. The highest BCUT2D eigenvalue weighted by atomic mass is 35.5. The molecular weight excluding hydrogens is 394 g/mol. The topological polar surface area (TPSA) is 65.1 Å². The summed E-state index contributed by atoms with van der Waals surface area (Å²) in [5.74, 6) is 0.889. The van der Waals surface area contributed by atoms with E-state index in [4.69, 9.17) is 25.8 Å². The molecule has 0 unspecified atom stereocenters. The number of amides is 2. The summed E-state index contributed by atoms with van der Waals surface area (Å²) in [7, 11) is 2.98. The van der Waals surface area contributed by atoms with Gasteiger partial charge >= 0.3 is 0 Å². The summed E-state index contributed by atoms with van der Waals surface area (Å²) >= 11 is 6.27. The van der Waals surface area contributed by atoms with Crippen LogP contribution in [-0.2, 0) is 9.59 Å². The number of halogens is 1. The summed E-state index contributed by atoms with van der Waals surface area (Å²) in [5.41, 5.74) is 1.01. The Bertz CT molecular complexity index is 943. The van der Waals surface area contributed by atoms with Gasteiger partial charge in [-0.05, 0) is 23.6 Å². The molecule has 0 N–H and O–H groups in total. The van der Waals surface area contributed by atoms with E-state index < -0.39 is 11.8 Å². The van der Waals surface area contributed by atoms with Crippen LogP contribution in [0.15, 0.2) is 47.5 Å². The number of imide groups is 1. The second-order valence-electron chi connectivity index (χ2n) is 6.93. The molecule has 6 nitrogen and oxygen atoms in total. The zero-order valence-electron chi connectivity index (χ0n) is 16.7. The van der Waals surface area contributed by atoms with Crippen molar-refractivity contribution in [2.75, 3.05) is 25.7 Å². The highest BCUT2D eigenvalue weighted by Crippen LogP contribution is 2.38. The van der Waals surface area contributed by atoms with Gasteiger partial charge in [-0.15, -0.1) is 0 Å². The van der Waals surface area contributed by atoms with Gasteiger partial charge in [0.2, 0.25) is 0 Å². The fraction of sp³-hybridized carbons (Fsp3) is 0.273. The first-order chi connectivity index (χ1) is 13.8. The number of nitrogens with zero attached hydrogens (tertiary/aromatic N) is 1. The van der Waals surface area contributed by atoms with Crippen molar-refractivity contribution in [1.82, 2.24) is 0 Å². The van der Waals surface area contributed by atoms with Crippen LogP contribution in [-0.4, -0.2) is 32.6 Å². The molecule has 1 heterocycles. The molecule has 152 valence electrons. The van der Waals surface area contributed by atoms with Crippen LogP contribution in [0.1, 0.15) is 19.4 Å². The largest absolute Gasteiger partial charge is 0.497 e. The van der Waals surface area contributed by atoms with Crippen LogP contribution in [0.3, 0.4) is 0 Å². The Kier molecular flexibility index (Phi) is 6.13. The molecule has 0 saturated carbocycles. The average molecular weight is 416 g/mol. The molecule has 0 aromatic heterocycles. The van der Waals surface area contributed by atoms with Crippen LogP contribution >= 0.6 is 11.6 Å². The minimum Gasteiger partial charge on any atom is -0.497 e. The SMILES string of the molecule is COc1cc(OC)cc(N2C(=O)C(Cl)=C(c3ccc(OCC(C)C)cc3)C2=O)c1. The van der Waals surface area contributed by atoms with Crippen LogP contribution in [0.25, 0.3) is 5.57 Å². The van der Waals surface area contributed by atoms with E-state index in [9.17, 15) is 9.59 Å². The van der Waals surface area contributed by atoms with Crippen LogP contribution in [0.4, 0.5) is 5.69 Å². The number of carbonyl (C=O) groups is 2. The number of methoxy groups -OCH3 is 2. The summed E-state index contributed by atoms with van der Waals surface area (Å²) < 4.78 is 16.1. The van der Waals surface area contributed by atoms with E-state index in [1.54, 1.807) is 42.5 Å². The van der Waals surface area contributed by atoms with Crippen LogP contribution in [0, 0.1) is 5.92 Å². The average Bonchev–Trinajstić information content (AvgIpc) is 2.94. The molecule has 3 rings (SSSR count). The lowest BCUT2D eigenvalue weighted by Gasteiger charge is -2.17. The number of anilines is 1. The van der Waals surface area contributed by atoms with Gasteiger partial charge in [-0.2, -0.15) is 0 Å². The summed E-state index contributed by atoms with van der Waals surface area (Å²) in [6, 6.07) is 11.7. The molecule has 1 aliphatic heterocycles. The van der Waals surface area contributed by atoms with Crippen molar-refractivity contribution in [2.45, 2.75) is 13.8 Å². The second-order valence-corrected chi connectivity index (χ2v) is 7.31. The molecule has 7 heteroatoms. The smallest absolute Gasteiger partial charge is 0.277 e. The number of carbonyl (C=O) groups excluding carboxylic acids is 2. The van der Waals surface area contributed by atoms with Crippen molar-refractivity contribution in [3.05, 3.63) is 53.1 Å². The van der Waals surface area contributed by atoms with E-state index in [0.29, 0.717) is 41.0 Å². The van der Waals surface area contributed by atoms with Gasteiger partial charge in [0.05, 0.1) is 32.1 Å². The van der Waals surface area contributed by atoms with Crippen molar-refractivity contribution >= 4 is 34.7 Å². The summed E-state index contributed by atoms with van der Waals surface area (Å²) in [5, 5.41) is -0.132. The molecule has 0 atom stereocenters. The first-order valence-electron chi connectivity index (χ1n) is 9.10. The highest BCUT2D eigenvalue weighted by Gasteiger charge is 2.39. The van der Waals surface area contributed by atoms with E-state index in [1.165, 1.54) is 14.2 Å². The highest BCUT2D eigenvalue weighted by molar-refractivity contribution is 6.60. The third kappa shape index (κ3) is 4.22. The lowest BCUT2D eigenvalue weighted by Crippen LogP contribution is -2.31. The van der Waals surface area contributed by atoms with E-state index in [-0.39, 0.29) is 10.6 Å².